The van der Waals surface area contributed by atoms with Gasteiger partial charge in [0.1, 0.15) is 6.07 Å². The summed E-state index contributed by atoms with van der Waals surface area (Å²) in [6.07, 6.45) is 1.45. The topological polar surface area (TPSA) is 66.0 Å². The molecule has 0 radical (unpaired) electrons. The van der Waals surface area contributed by atoms with Crippen LogP contribution in [0.5, 0.6) is 0 Å². The van der Waals surface area contributed by atoms with Gasteiger partial charge in [-0.1, -0.05) is 11.6 Å². The zero-order chi connectivity index (χ0) is 13.1. The molecule has 1 aromatic carbocycles. The molecule has 1 heterocycles. The molecule has 90 valence electrons. The predicted molar refractivity (Wildman–Crippen MR) is 67.6 cm³/mol. The third kappa shape index (κ3) is 2.36. The van der Waals surface area contributed by atoms with Crippen LogP contribution in [0.25, 0.3) is 0 Å². The molecule has 2 aromatic rings. The molecule has 0 unspecified atom stereocenters. The summed E-state index contributed by atoms with van der Waals surface area (Å²) in [4.78, 5) is 11.8. The fraction of sp³-hybridized carbons (Fsp3) is 0.0769. The molecule has 0 fully saturated rings. The van der Waals surface area contributed by atoms with E-state index in [0.717, 1.165) is 5.56 Å². The maximum absolute atomic E-state index is 11.8. The zero-order valence-electron chi connectivity index (χ0n) is 9.53. The van der Waals surface area contributed by atoms with Crippen LogP contribution in [0.1, 0.15) is 21.7 Å². The molecule has 1 amide bonds. The minimum absolute atomic E-state index is 0.260. The highest BCUT2D eigenvalue weighted by Gasteiger charge is 2.13. The number of amides is 1. The van der Waals surface area contributed by atoms with Gasteiger partial charge in [0.25, 0.3) is 5.91 Å². The van der Waals surface area contributed by atoms with Crippen molar-refractivity contribution in [3.63, 3.8) is 0 Å². The van der Waals surface area contributed by atoms with Crippen molar-refractivity contribution in [3.05, 3.63) is 52.4 Å². The van der Waals surface area contributed by atoms with Gasteiger partial charge in [0, 0.05) is 11.3 Å². The summed E-state index contributed by atoms with van der Waals surface area (Å²) in [5.74, 6) is -0.0891. The molecular weight excluding hydrogens is 252 g/mol. The number of anilines is 1. The van der Waals surface area contributed by atoms with Crippen LogP contribution in [-0.2, 0) is 0 Å². The highest BCUT2D eigenvalue weighted by molar-refractivity contribution is 6.32. The molecule has 0 spiro atoms. The third-order valence-corrected chi connectivity index (χ3v) is 2.73. The van der Waals surface area contributed by atoms with Crippen LogP contribution in [-0.4, -0.2) is 5.91 Å². The lowest BCUT2D eigenvalue weighted by molar-refractivity contribution is 0.0996. The SMILES string of the molecule is Cc1ccoc1C(=O)Nc1ccc(C#N)c(Cl)c1. The molecule has 2 rings (SSSR count). The highest BCUT2D eigenvalue weighted by Crippen LogP contribution is 2.21. The van der Waals surface area contributed by atoms with Crippen LogP contribution in [0.2, 0.25) is 5.02 Å². The van der Waals surface area contributed by atoms with Crippen molar-refractivity contribution in [3.8, 4) is 6.07 Å². The summed E-state index contributed by atoms with van der Waals surface area (Å²) < 4.78 is 5.08. The summed E-state index contributed by atoms with van der Waals surface area (Å²) >= 11 is 5.87. The van der Waals surface area contributed by atoms with Crippen molar-refractivity contribution in [2.24, 2.45) is 0 Å². The van der Waals surface area contributed by atoms with Gasteiger partial charge in [-0.25, -0.2) is 0 Å². The van der Waals surface area contributed by atoms with Gasteiger partial charge in [-0.15, -0.1) is 0 Å². The zero-order valence-corrected chi connectivity index (χ0v) is 10.3. The van der Waals surface area contributed by atoms with Crippen LogP contribution >= 0.6 is 11.6 Å². The molecule has 0 bridgehead atoms. The minimum Gasteiger partial charge on any atom is -0.459 e. The van der Waals surface area contributed by atoms with Crippen LogP contribution in [0, 0.1) is 18.3 Å². The first-order valence-electron chi connectivity index (χ1n) is 5.17. The number of halogens is 1. The van der Waals surface area contributed by atoms with E-state index in [0.29, 0.717) is 16.3 Å². The molecule has 18 heavy (non-hydrogen) atoms. The van der Waals surface area contributed by atoms with Crippen LogP contribution in [0.3, 0.4) is 0 Å². The number of nitrogens with zero attached hydrogens (tertiary/aromatic N) is 1. The van der Waals surface area contributed by atoms with E-state index in [-0.39, 0.29) is 11.7 Å². The largest absolute Gasteiger partial charge is 0.459 e. The number of nitriles is 1. The quantitative estimate of drug-likeness (QED) is 0.900. The monoisotopic (exact) mass is 260 g/mol. The van der Waals surface area contributed by atoms with E-state index in [1.165, 1.54) is 12.3 Å². The van der Waals surface area contributed by atoms with Crippen molar-refractivity contribution in [2.75, 3.05) is 5.32 Å². The Morgan fingerprint density at radius 3 is 2.78 bits per heavy atom. The Kier molecular flexibility index (Phi) is 3.35. The number of hydrogen-bond donors (Lipinski definition) is 1. The lowest BCUT2D eigenvalue weighted by Crippen LogP contribution is -2.12. The van der Waals surface area contributed by atoms with Crippen molar-refractivity contribution in [1.29, 1.82) is 5.26 Å². The van der Waals surface area contributed by atoms with E-state index in [1.54, 1.807) is 25.1 Å². The summed E-state index contributed by atoms with van der Waals surface area (Å²) in [6, 6.07) is 8.34. The molecular formula is C13H9ClN2O2. The van der Waals surface area contributed by atoms with Crippen LogP contribution < -0.4 is 5.32 Å². The normalized spacial score (nSPS) is 9.83. The van der Waals surface area contributed by atoms with Crippen LogP contribution in [0.4, 0.5) is 5.69 Å². The molecule has 5 heteroatoms. The van der Waals surface area contributed by atoms with Gasteiger partial charge in [0.05, 0.1) is 16.8 Å². The molecule has 0 aliphatic carbocycles. The lowest BCUT2D eigenvalue weighted by Gasteiger charge is -2.05. The fourth-order valence-electron chi connectivity index (χ4n) is 1.48. The van der Waals surface area contributed by atoms with E-state index < -0.39 is 0 Å². The van der Waals surface area contributed by atoms with Crippen molar-refractivity contribution in [2.45, 2.75) is 6.92 Å². The Bertz CT molecular complexity index is 641. The number of carbonyl (C=O) groups is 1. The second-order valence-electron chi connectivity index (χ2n) is 3.69. The molecule has 0 saturated heterocycles. The number of carbonyl (C=O) groups excluding carboxylic acids is 1. The number of furan rings is 1. The first-order chi connectivity index (χ1) is 8.61. The smallest absolute Gasteiger partial charge is 0.291 e. The van der Waals surface area contributed by atoms with Gasteiger partial charge in [-0.2, -0.15) is 5.26 Å². The van der Waals surface area contributed by atoms with Crippen molar-refractivity contribution >= 4 is 23.2 Å². The van der Waals surface area contributed by atoms with Gasteiger partial charge >= 0.3 is 0 Å². The molecule has 0 atom stereocenters. The molecule has 1 N–H and O–H groups in total. The standard InChI is InChI=1S/C13H9ClN2O2/c1-8-4-5-18-12(8)13(17)16-10-3-2-9(7-15)11(14)6-10/h2-6H,1H3,(H,16,17). The number of benzene rings is 1. The summed E-state index contributed by atoms with van der Waals surface area (Å²) in [7, 11) is 0. The maximum Gasteiger partial charge on any atom is 0.291 e. The number of aryl methyl sites for hydroxylation is 1. The fourth-order valence-corrected chi connectivity index (χ4v) is 1.70. The van der Waals surface area contributed by atoms with E-state index in [1.807, 2.05) is 6.07 Å². The Morgan fingerprint density at radius 1 is 1.44 bits per heavy atom. The molecule has 0 aliphatic rings. The minimum atomic E-state index is -0.349. The molecule has 4 nitrogen and oxygen atoms in total. The van der Waals surface area contributed by atoms with Crippen LogP contribution in [0.15, 0.2) is 34.9 Å². The Hall–Kier alpha value is -2.25. The second kappa shape index (κ2) is 4.94. The predicted octanol–water partition coefficient (Wildman–Crippen LogP) is 3.37. The molecule has 1 aromatic heterocycles. The first kappa shape index (κ1) is 12.2. The van der Waals surface area contributed by atoms with Crippen molar-refractivity contribution in [1.82, 2.24) is 0 Å². The summed E-state index contributed by atoms with van der Waals surface area (Å²) in [5, 5.41) is 11.7. The number of nitrogens with one attached hydrogen (secondary N) is 1. The van der Waals surface area contributed by atoms with E-state index >= 15 is 0 Å². The van der Waals surface area contributed by atoms with Gasteiger partial charge < -0.3 is 9.73 Å². The lowest BCUT2D eigenvalue weighted by atomic mass is 10.2. The first-order valence-corrected chi connectivity index (χ1v) is 5.54. The number of hydrogen-bond acceptors (Lipinski definition) is 3. The van der Waals surface area contributed by atoms with E-state index in [4.69, 9.17) is 21.3 Å². The highest BCUT2D eigenvalue weighted by atomic mass is 35.5. The maximum atomic E-state index is 11.8. The Morgan fingerprint density at radius 2 is 2.22 bits per heavy atom. The molecule has 0 aliphatic heterocycles. The van der Waals surface area contributed by atoms with E-state index in [2.05, 4.69) is 5.32 Å². The van der Waals surface area contributed by atoms with Gasteiger partial charge in [-0.3, -0.25) is 4.79 Å². The van der Waals surface area contributed by atoms with Gasteiger partial charge in [0.15, 0.2) is 5.76 Å². The van der Waals surface area contributed by atoms with Gasteiger partial charge in [-0.05, 0) is 31.2 Å². The Balaban J connectivity index is 2.21. The molecule has 0 saturated carbocycles. The van der Waals surface area contributed by atoms with Crippen molar-refractivity contribution < 1.29 is 9.21 Å². The van der Waals surface area contributed by atoms with Gasteiger partial charge in [0.2, 0.25) is 0 Å². The second-order valence-corrected chi connectivity index (χ2v) is 4.10. The summed E-state index contributed by atoms with van der Waals surface area (Å²) in [6.45, 7) is 1.78. The number of rotatable bonds is 2. The third-order valence-electron chi connectivity index (χ3n) is 2.42. The Labute approximate surface area is 109 Å². The van der Waals surface area contributed by atoms with E-state index in [9.17, 15) is 4.79 Å². The average Bonchev–Trinajstić information content (AvgIpc) is 2.76. The summed E-state index contributed by atoms with van der Waals surface area (Å²) in [5.41, 5.74) is 1.64. The average molecular weight is 261 g/mol.